The second kappa shape index (κ2) is 12.7. The lowest BCUT2D eigenvalue weighted by molar-refractivity contribution is -0.131. The summed E-state index contributed by atoms with van der Waals surface area (Å²) in [7, 11) is 0. The molecular weight excluding hydrogens is 432 g/mol. The van der Waals surface area contributed by atoms with Crippen LogP contribution in [0.2, 0.25) is 0 Å². The molecule has 0 radical (unpaired) electrons. The molecule has 1 unspecified atom stereocenters. The third kappa shape index (κ3) is 7.54. The Morgan fingerprint density at radius 3 is 2.44 bits per heavy atom. The monoisotopic (exact) mass is 462 g/mol. The number of carbonyl (C=O) groups is 2. The van der Waals surface area contributed by atoms with Crippen molar-refractivity contribution < 1.29 is 19.5 Å². The fourth-order valence-corrected chi connectivity index (χ4v) is 3.45. The molecule has 2 aromatic carbocycles. The van der Waals surface area contributed by atoms with Gasteiger partial charge in [-0.05, 0) is 54.5 Å². The molecule has 0 aliphatic carbocycles. The highest BCUT2D eigenvalue weighted by Gasteiger charge is 2.24. The number of hydroxylamine groups is 1. The zero-order chi connectivity index (χ0) is 24.3. The van der Waals surface area contributed by atoms with Crippen LogP contribution in [0.3, 0.4) is 0 Å². The Hall–Kier alpha value is -3.48. The van der Waals surface area contributed by atoms with Gasteiger partial charge in [-0.15, -0.1) is 0 Å². The van der Waals surface area contributed by atoms with Gasteiger partial charge in [0, 0.05) is 36.8 Å². The van der Waals surface area contributed by atoms with Crippen LogP contribution in [-0.4, -0.2) is 60.3 Å². The lowest BCUT2D eigenvalue weighted by Gasteiger charge is -2.26. The van der Waals surface area contributed by atoms with E-state index in [0.29, 0.717) is 5.56 Å². The summed E-state index contributed by atoms with van der Waals surface area (Å²) in [4.78, 5) is 26.4. The van der Waals surface area contributed by atoms with E-state index in [9.17, 15) is 9.59 Å². The van der Waals surface area contributed by atoms with Gasteiger partial charge in [0.2, 0.25) is 0 Å². The number of amides is 2. The Balaban J connectivity index is 1.53. The maximum atomic E-state index is 12.4. The molecule has 2 atom stereocenters. The summed E-state index contributed by atoms with van der Waals surface area (Å²) in [5.74, 6) is 4.78. The lowest BCUT2D eigenvalue weighted by atomic mass is 10.1. The van der Waals surface area contributed by atoms with E-state index < -0.39 is 23.9 Å². The molecule has 1 aliphatic heterocycles. The molecule has 0 spiro atoms. The van der Waals surface area contributed by atoms with Crippen LogP contribution >= 0.6 is 0 Å². The molecule has 1 fully saturated rings. The Bertz CT molecular complexity index is 1050. The number of hydrogen-bond donors (Lipinski definition) is 4. The van der Waals surface area contributed by atoms with Crippen molar-refractivity contribution >= 4 is 17.9 Å². The van der Waals surface area contributed by atoms with Gasteiger partial charge in [0.15, 0.2) is 0 Å². The summed E-state index contributed by atoms with van der Waals surface area (Å²) < 4.78 is 5.39. The Morgan fingerprint density at radius 2 is 1.82 bits per heavy atom. The first kappa shape index (κ1) is 25.1. The molecule has 3 rings (SSSR count). The first-order valence-corrected chi connectivity index (χ1v) is 11.1. The smallest absolute Gasteiger partial charge is 0.267 e. The molecule has 1 saturated heterocycles. The van der Waals surface area contributed by atoms with Crippen molar-refractivity contribution in [1.29, 1.82) is 0 Å². The van der Waals surface area contributed by atoms with Crippen molar-refractivity contribution in [3.63, 3.8) is 0 Å². The Kier molecular flexibility index (Phi) is 9.38. The van der Waals surface area contributed by atoms with Crippen LogP contribution < -0.4 is 16.5 Å². The molecule has 8 nitrogen and oxygen atoms in total. The van der Waals surface area contributed by atoms with E-state index in [1.165, 1.54) is 11.0 Å². The number of allylic oxidation sites excluding steroid dienone is 1. The van der Waals surface area contributed by atoms with E-state index in [-0.39, 0.29) is 0 Å². The minimum Gasteiger partial charge on any atom is -0.379 e. The van der Waals surface area contributed by atoms with E-state index >= 15 is 0 Å². The number of morpholine rings is 1. The third-order valence-electron chi connectivity index (χ3n) is 5.42. The largest absolute Gasteiger partial charge is 0.379 e. The van der Waals surface area contributed by atoms with Gasteiger partial charge < -0.3 is 15.8 Å². The van der Waals surface area contributed by atoms with Crippen LogP contribution in [0.5, 0.6) is 0 Å². The zero-order valence-electron chi connectivity index (χ0n) is 19.2. The predicted octanol–water partition coefficient (Wildman–Crippen LogP) is 1.53. The second-order valence-corrected chi connectivity index (χ2v) is 8.10. The highest BCUT2D eigenvalue weighted by molar-refractivity contribution is 5.97. The molecule has 1 aliphatic rings. The fraction of sp³-hybridized carbons (Fsp3) is 0.308. The molecule has 0 bridgehead atoms. The first-order chi connectivity index (χ1) is 16.5. The van der Waals surface area contributed by atoms with Crippen molar-refractivity contribution in [3.05, 3.63) is 76.9 Å². The molecule has 0 saturated carbocycles. The number of ether oxygens (including phenoxy) is 1. The molecule has 178 valence electrons. The summed E-state index contributed by atoms with van der Waals surface area (Å²) >= 11 is 0. The highest BCUT2D eigenvalue weighted by Crippen LogP contribution is 2.10. The maximum Gasteiger partial charge on any atom is 0.267 e. The molecule has 0 aromatic heterocycles. The van der Waals surface area contributed by atoms with E-state index in [1.54, 1.807) is 37.3 Å². The highest BCUT2D eigenvalue weighted by atomic mass is 16.5. The topological polar surface area (TPSA) is 117 Å². The lowest BCUT2D eigenvalue weighted by Crippen LogP contribution is -2.54. The first-order valence-electron chi connectivity index (χ1n) is 11.1. The van der Waals surface area contributed by atoms with Crippen molar-refractivity contribution in [2.24, 2.45) is 5.73 Å². The number of nitrogens with two attached hydrogens (primary N) is 1. The van der Waals surface area contributed by atoms with Gasteiger partial charge in [-0.2, -0.15) is 0 Å². The van der Waals surface area contributed by atoms with Gasteiger partial charge >= 0.3 is 0 Å². The van der Waals surface area contributed by atoms with Crippen LogP contribution in [0, 0.1) is 11.8 Å². The number of nitrogens with one attached hydrogen (secondary N) is 2. The van der Waals surface area contributed by atoms with E-state index in [0.717, 1.165) is 44.0 Å². The Labute approximate surface area is 199 Å². The summed E-state index contributed by atoms with van der Waals surface area (Å²) in [6.45, 7) is 6.03. The van der Waals surface area contributed by atoms with Crippen molar-refractivity contribution in [3.8, 4) is 11.8 Å². The summed E-state index contributed by atoms with van der Waals surface area (Å²) in [6.07, 6.45) is 3.74. The fourth-order valence-electron chi connectivity index (χ4n) is 3.45. The normalized spacial score (nSPS) is 15.7. The zero-order valence-corrected chi connectivity index (χ0v) is 19.2. The SMILES string of the molecule is CC(N)[C@H](NC(=O)c1ccc(C#C/C=C/c2ccc(CN3CCOCC3)cc2)cc1)C(=O)NO. The number of rotatable bonds is 7. The van der Waals surface area contributed by atoms with Crippen molar-refractivity contribution in [2.75, 3.05) is 26.3 Å². The van der Waals surface area contributed by atoms with Gasteiger partial charge in [0.25, 0.3) is 11.8 Å². The van der Waals surface area contributed by atoms with Crippen LogP contribution in [0.15, 0.2) is 54.6 Å². The standard InChI is InChI=1S/C26H30N4O4/c1-19(27)24(26(32)29-33)28-25(31)23-12-10-21(11-13-23)5-3-2-4-20-6-8-22(9-7-20)18-30-14-16-34-17-15-30/h2,4,6-13,19,24,33H,14-18,27H2,1H3,(H,28,31)(H,29,32)/b4-2+/t19?,24-/m0/s1. The maximum absolute atomic E-state index is 12.4. The average molecular weight is 463 g/mol. The Morgan fingerprint density at radius 1 is 1.15 bits per heavy atom. The van der Waals surface area contributed by atoms with Crippen LogP contribution in [0.4, 0.5) is 0 Å². The minimum atomic E-state index is -1.05. The molecular formula is C26H30N4O4. The molecule has 1 heterocycles. The van der Waals surface area contributed by atoms with Gasteiger partial charge in [0.05, 0.1) is 13.2 Å². The summed E-state index contributed by atoms with van der Waals surface area (Å²) in [5.41, 5.74) is 10.7. The minimum absolute atomic E-state index is 0.356. The van der Waals surface area contributed by atoms with Gasteiger partial charge in [-0.3, -0.25) is 19.7 Å². The van der Waals surface area contributed by atoms with Crippen molar-refractivity contribution in [1.82, 2.24) is 15.7 Å². The number of nitrogens with zero attached hydrogens (tertiary/aromatic N) is 1. The molecule has 5 N–H and O–H groups in total. The number of benzene rings is 2. The summed E-state index contributed by atoms with van der Waals surface area (Å²) in [5, 5.41) is 11.3. The molecule has 34 heavy (non-hydrogen) atoms. The number of hydrogen-bond acceptors (Lipinski definition) is 6. The summed E-state index contributed by atoms with van der Waals surface area (Å²) in [6, 6.07) is 13.4. The van der Waals surface area contributed by atoms with E-state index in [1.807, 2.05) is 6.08 Å². The van der Waals surface area contributed by atoms with Crippen LogP contribution in [0.25, 0.3) is 6.08 Å². The van der Waals surface area contributed by atoms with E-state index in [4.69, 9.17) is 15.7 Å². The van der Waals surface area contributed by atoms with Gasteiger partial charge in [-0.1, -0.05) is 36.1 Å². The number of carbonyl (C=O) groups excluding carboxylic acids is 2. The molecule has 8 heteroatoms. The molecule has 2 aromatic rings. The van der Waals surface area contributed by atoms with Crippen molar-refractivity contribution in [2.45, 2.75) is 25.6 Å². The quantitative estimate of drug-likeness (QED) is 0.282. The van der Waals surface area contributed by atoms with Crippen LogP contribution in [-0.2, 0) is 16.1 Å². The van der Waals surface area contributed by atoms with Gasteiger partial charge in [0.1, 0.15) is 6.04 Å². The van der Waals surface area contributed by atoms with Gasteiger partial charge in [-0.25, -0.2) is 5.48 Å². The third-order valence-corrected chi connectivity index (χ3v) is 5.42. The average Bonchev–Trinajstić information content (AvgIpc) is 2.86. The predicted molar refractivity (Wildman–Crippen MR) is 130 cm³/mol. The second-order valence-electron chi connectivity index (χ2n) is 8.10. The van der Waals surface area contributed by atoms with Crippen LogP contribution in [0.1, 0.15) is 34.0 Å². The van der Waals surface area contributed by atoms with E-state index in [2.05, 4.69) is 46.3 Å². The molecule has 2 amide bonds.